The second-order valence-corrected chi connectivity index (χ2v) is 13.0. The molecule has 0 aromatic rings. The molecule has 1 heterocycles. The Labute approximate surface area is 280 Å². The first-order valence-corrected chi connectivity index (χ1v) is 16.4. The zero-order chi connectivity index (χ0) is 36.7. The molecular formula is C31H53N7O10. The van der Waals surface area contributed by atoms with Gasteiger partial charge in [0.2, 0.25) is 35.4 Å². The Morgan fingerprint density at radius 1 is 0.771 bits per heavy atom. The predicted octanol–water partition coefficient (Wildman–Crippen LogP) is -1.26. The fraction of sp³-hybridized carbons (Fsp3) is 0.742. The molecule has 272 valence electrons. The van der Waals surface area contributed by atoms with Gasteiger partial charge in [0.05, 0.1) is 12.5 Å². The minimum atomic E-state index is -1.54. The van der Waals surface area contributed by atoms with Crippen molar-refractivity contribution in [1.29, 1.82) is 0 Å². The second-order valence-electron chi connectivity index (χ2n) is 13.0. The lowest BCUT2D eigenvalue weighted by Crippen LogP contribution is -2.60. The number of hydrogen-bond donors (Lipinski definition) is 9. The number of amides is 6. The number of carbonyl (C=O) groups excluding carboxylic acids is 6. The Hall–Kier alpha value is -4.28. The fourth-order valence-electron chi connectivity index (χ4n) is 5.09. The molecular weight excluding hydrogens is 630 g/mol. The highest BCUT2D eigenvalue weighted by atomic mass is 16.4. The maximum absolute atomic E-state index is 13.5. The van der Waals surface area contributed by atoms with E-state index >= 15 is 0 Å². The maximum Gasteiger partial charge on any atom is 0.326 e. The quantitative estimate of drug-likeness (QED) is 0.0688. The van der Waals surface area contributed by atoms with Gasteiger partial charge in [-0.3, -0.25) is 33.6 Å². The number of primary amides is 1. The summed E-state index contributed by atoms with van der Waals surface area (Å²) in [5.74, 6) is -8.37. The summed E-state index contributed by atoms with van der Waals surface area (Å²) in [4.78, 5) is 101. The maximum atomic E-state index is 13.5. The van der Waals surface area contributed by atoms with Gasteiger partial charge in [-0.2, -0.15) is 0 Å². The number of aliphatic carboxylic acids is 2. The fourth-order valence-corrected chi connectivity index (χ4v) is 5.09. The standard InChI is InChI=1S/C31H53N7O10/c1-7-17(6)25(31(47)48)38-29(45)21(14-22(32)39)35-28(44)20(13-15(2)3)36-30(46)24(16(4)5)37-27(43)19(10-11-23(40)41)34-26(42)18-9-8-12-33-18/h15-21,24-25,33H,7-14H2,1-6H3,(H2,32,39)(H,34,42)(H,35,44)(H,36,46)(H,37,43)(H,38,45)(H,40,41)(H,47,48)/t17-,18-,19-,20-,21-,24-,25-/m0/s1. The van der Waals surface area contributed by atoms with Gasteiger partial charge in [0.25, 0.3) is 0 Å². The van der Waals surface area contributed by atoms with Crippen molar-refractivity contribution in [2.24, 2.45) is 23.5 Å². The Bertz CT molecular complexity index is 1170. The van der Waals surface area contributed by atoms with Crippen LogP contribution in [0.1, 0.15) is 86.5 Å². The van der Waals surface area contributed by atoms with E-state index in [2.05, 4.69) is 31.9 Å². The van der Waals surface area contributed by atoms with E-state index in [0.717, 1.165) is 6.42 Å². The first kappa shape index (κ1) is 41.7. The zero-order valence-electron chi connectivity index (χ0n) is 28.6. The molecule has 0 unspecified atom stereocenters. The Kier molecular flexibility index (Phi) is 17.5. The summed E-state index contributed by atoms with van der Waals surface area (Å²) in [7, 11) is 0. The second kappa shape index (κ2) is 20.2. The van der Waals surface area contributed by atoms with Gasteiger partial charge in [0, 0.05) is 6.42 Å². The summed E-state index contributed by atoms with van der Waals surface area (Å²) in [5.41, 5.74) is 5.31. The van der Waals surface area contributed by atoms with Crippen LogP contribution in [0.15, 0.2) is 0 Å². The van der Waals surface area contributed by atoms with Crippen LogP contribution in [0.3, 0.4) is 0 Å². The smallest absolute Gasteiger partial charge is 0.326 e. The van der Waals surface area contributed by atoms with Crippen molar-refractivity contribution >= 4 is 47.4 Å². The molecule has 1 saturated heterocycles. The van der Waals surface area contributed by atoms with Crippen molar-refractivity contribution < 1.29 is 48.6 Å². The summed E-state index contributed by atoms with van der Waals surface area (Å²) in [6, 6.07) is -7.09. The molecule has 17 heteroatoms. The topological polar surface area (TPSA) is 275 Å². The molecule has 1 aliphatic rings. The van der Waals surface area contributed by atoms with Crippen LogP contribution in [0, 0.1) is 17.8 Å². The summed E-state index contributed by atoms with van der Waals surface area (Å²) in [6.07, 6.45) is 0.526. The molecule has 7 atom stereocenters. The zero-order valence-corrected chi connectivity index (χ0v) is 28.6. The average molecular weight is 684 g/mol. The van der Waals surface area contributed by atoms with Crippen molar-refractivity contribution in [2.75, 3.05) is 6.54 Å². The molecule has 0 saturated carbocycles. The number of rotatable bonds is 21. The van der Waals surface area contributed by atoms with E-state index < -0.39 is 108 Å². The normalized spacial score (nSPS) is 18.0. The Morgan fingerprint density at radius 3 is 1.81 bits per heavy atom. The van der Waals surface area contributed by atoms with E-state index in [9.17, 15) is 48.6 Å². The van der Waals surface area contributed by atoms with E-state index in [4.69, 9.17) is 5.73 Å². The van der Waals surface area contributed by atoms with Crippen LogP contribution < -0.4 is 37.6 Å². The van der Waals surface area contributed by atoms with Gasteiger partial charge in [-0.1, -0.05) is 48.0 Å². The van der Waals surface area contributed by atoms with E-state index in [1.807, 2.05) is 0 Å². The molecule has 0 aliphatic carbocycles. The third-order valence-electron chi connectivity index (χ3n) is 8.06. The van der Waals surface area contributed by atoms with E-state index in [1.165, 1.54) is 0 Å². The first-order valence-electron chi connectivity index (χ1n) is 16.4. The molecule has 1 fully saturated rings. The lowest BCUT2D eigenvalue weighted by molar-refractivity contribution is -0.144. The molecule has 0 spiro atoms. The SMILES string of the molecule is CC[C@H](C)[C@H](NC(=O)[C@H](CC(N)=O)NC(=O)[C@H](CC(C)C)NC(=O)[C@@H](NC(=O)[C@H](CCC(=O)O)NC(=O)[C@@H]1CCCN1)C(C)C)C(=O)O. The third kappa shape index (κ3) is 14.2. The van der Waals surface area contributed by atoms with Gasteiger partial charge >= 0.3 is 11.9 Å². The molecule has 1 rings (SSSR count). The van der Waals surface area contributed by atoms with Crippen LogP contribution >= 0.6 is 0 Å². The van der Waals surface area contributed by atoms with Crippen LogP contribution in [0.5, 0.6) is 0 Å². The van der Waals surface area contributed by atoms with Crippen molar-refractivity contribution in [3.05, 3.63) is 0 Å². The summed E-state index contributed by atoms with van der Waals surface area (Å²) in [5, 5.41) is 34.3. The molecule has 0 bridgehead atoms. The summed E-state index contributed by atoms with van der Waals surface area (Å²) < 4.78 is 0. The number of carbonyl (C=O) groups is 8. The van der Waals surface area contributed by atoms with Crippen LogP contribution in [-0.4, -0.2) is 100 Å². The van der Waals surface area contributed by atoms with Gasteiger partial charge in [-0.25, -0.2) is 4.79 Å². The number of carboxylic acids is 2. The van der Waals surface area contributed by atoms with Crippen LogP contribution in [0.2, 0.25) is 0 Å². The Morgan fingerprint density at radius 2 is 1.33 bits per heavy atom. The lowest BCUT2D eigenvalue weighted by Gasteiger charge is -2.29. The molecule has 0 aromatic heterocycles. The molecule has 17 nitrogen and oxygen atoms in total. The number of carboxylic acid groups (broad SMARTS) is 2. The van der Waals surface area contributed by atoms with Gasteiger partial charge in [0.15, 0.2) is 0 Å². The third-order valence-corrected chi connectivity index (χ3v) is 8.06. The molecule has 6 amide bonds. The van der Waals surface area contributed by atoms with Crippen LogP contribution in [0.25, 0.3) is 0 Å². The minimum Gasteiger partial charge on any atom is -0.481 e. The largest absolute Gasteiger partial charge is 0.481 e. The van der Waals surface area contributed by atoms with E-state index in [1.54, 1.807) is 41.5 Å². The highest BCUT2D eigenvalue weighted by Gasteiger charge is 2.35. The van der Waals surface area contributed by atoms with Gasteiger partial charge < -0.3 is 47.8 Å². The number of nitrogens with two attached hydrogens (primary N) is 1. The van der Waals surface area contributed by atoms with Gasteiger partial charge in [-0.15, -0.1) is 0 Å². The summed E-state index contributed by atoms with van der Waals surface area (Å²) >= 11 is 0. The van der Waals surface area contributed by atoms with Crippen molar-refractivity contribution in [3.63, 3.8) is 0 Å². The van der Waals surface area contributed by atoms with E-state index in [-0.39, 0.29) is 18.8 Å². The predicted molar refractivity (Wildman–Crippen MR) is 173 cm³/mol. The number of hydrogen-bond acceptors (Lipinski definition) is 9. The Balaban J connectivity index is 3.18. The highest BCUT2D eigenvalue weighted by Crippen LogP contribution is 2.12. The molecule has 1 aliphatic heterocycles. The first-order chi connectivity index (χ1) is 22.4. The number of nitrogens with one attached hydrogen (secondary N) is 6. The van der Waals surface area contributed by atoms with Crippen molar-refractivity contribution in [1.82, 2.24) is 31.9 Å². The highest BCUT2D eigenvalue weighted by molar-refractivity contribution is 5.97. The average Bonchev–Trinajstić information content (AvgIpc) is 3.53. The lowest BCUT2D eigenvalue weighted by atomic mass is 9.98. The monoisotopic (exact) mass is 683 g/mol. The van der Waals surface area contributed by atoms with Crippen LogP contribution in [-0.2, 0) is 38.4 Å². The molecule has 48 heavy (non-hydrogen) atoms. The molecule has 0 aromatic carbocycles. The van der Waals surface area contributed by atoms with Crippen molar-refractivity contribution in [3.8, 4) is 0 Å². The van der Waals surface area contributed by atoms with E-state index in [0.29, 0.717) is 19.4 Å². The van der Waals surface area contributed by atoms with Gasteiger partial charge in [-0.05, 0) is 50.0 Å². The molecule has 10 N–H and O–H groups in total. The van der Waals surface area contributed by atoms with Crippen LogP contribution in [0.4, 0.5) is 0 Å². The van der Waals surface area contributed by atoms with Crippen molar-refractivity contribution in [2.45, 2.75) is 123 Å². The summed E-state index contributed by atoms with van der Waals surface area (Å²) in [6.45, 7) is 10.8. The molecule has 0 radical (unpaired) electrons. The minimum absolute atomic E-state index is 0.0809. The van der Waals surface area contributed by atoms with Gasteiger partial charge in [0.1, 0.15) is 30.2 Å².